The van der Waals surface area contributed by atoms with Crippen LogP contribution in [0.1, 0.15) is 132 Å². The Morgan fingerprint density at radius 3 is 1.38 bits per heavy atom. The molecule has 29 nitrogen and oxygen atoms in total. The number of rotatable bonds is 28. The van der Waals surface area contributed by atoms with Crippen molar-refractivity contribution in [1.82, 2.24) is 58.5 Å². The van der Waals surface area contributed by atoms with Gasteiger partial charge in [0.2, 0.25) is 65.0 Å². The second-order valence-electron chi connectivity index (χ2n) is 21.6. The summed E-state index contributed by atoms with van der Waals surface area (Å²) in [7, 11) is 0. The van der Waals surface area contributed by atoms with Crippen LogP contribution in [0.4, 0.5) is 0 Å². The van der Waals surface area contributed by atoms with Crippen molar-refractivity contribution in [2.24, 2.45) is 46.4 Å². The Morgan fingerprint density at radius 2 is 0.963 bits per heavy atom. The summed E-state index contributed by atoms with van der Waals surface area (Å²) in [4.78, 5) is 153. The first-order valence-electron chi connectivity index (χ1n) is 28.3. The van der Waals surface area contributed by atoms with Crippen molar-refractivity contribution in [3.05, 3.63) is 0 Å². The second-order valence-corrected chi connectivity index (χ2v) is 21.6. The zero-order valence-corrected chi connectivity index (χ0v) is 48.7. The summed E-state index contributed by atoms with van der Waals surface area (Å²) in [5.74, 6) is -9.60. The first kappa shape index (κ1) is 72.9. The number of nitrogens with two attached hydrogens (primary N) is 5. The molecule has 81 heavy (non-hydrogen) atoms. The van der Waals surface area contributed by atoms with Crippen LogP contribution in [0.25, 0.3) is 0 Å². The molecule has 0 aromatic heterocycles. The zero-order chi connectivity index (χ0) is 61.5. The number of carbonyl (C=O) groups excluding carboxylic acids is 11. The lowest BCUT2D eigenvalue weighted by Gasteiger charge is -2.29. The van der Waals surface area contributed by atoms with Crippen molar-refractivity contribution in [2.45, 2.75) is 205 Å². The number of nitrogens with one attached hydrogen (secondary N) is 11. The molecule has 1 rings (SSSR count). The molecule has 1 aliphatic heterocycles. The van der Waals surface area contributed by atoms with Crippen LogP contribution >= 0.6 is 0 Å². The summed E-state index contributed by atoms with van der Waals surface area (Å²) in [5, 5.41) is 49.5. The molecule has 0 aromatic rings. The first-order valence-corrected chi connectivity index (χ1v) is 28.3. The highest BCUT2D eigenvalue weighted by Gasteiger charge is 2.37. The second kappa shape index (κ2) is 38.6. The number of carbonyl (C=O) groups is 11. The summed E-state index contributed by atoms with van der Waals surface area (Å²) >= 11 is 0. The monoisotopic (exact) mass is 1150 g/mol. The molecule has 1 saturated heterocycles. The Labute approximate surface area is 475 Å². The summed E-state index contributed by atoms with van der Waals surface area (Å²) in [6.07, 6.45) is -1.79. The van der Waals surface area contributed by atoms with Crippen LogP contribution in [-0.2, 0) is 52.7 Å². The maximum atomic E-state index is 14.4. The maximum Gasteiger partial charge on any atom is 0.245 e. The number of amides is 11. The van der Waals surface area contributed by atoms with Crippen LogP contribution in [0.2, 0.25) is 0 Å². The summed E-state index contributed by atoms with van der Waals surface area (Å²) in [6.45, 7) is 12.5. The minimum absolute atomic E-state index is 0.0146. The Morgan fingerprint density at radius 1 is 0.531 bits per heavy atom. The molecule has 29 heteroatoms. The van der Waals surface area contributed by atoms with E-state index in [-0.39, 0.29) is 95.9 Å². The number of aliphatic hydroxyl groups excluding tert-OH is 2. The zero-order valence-electron chi connectivity index (χ0n) is 48.7. The predicted molar refractivity (Wildman–Crippen MR) is 301 cm³/mol. The molecule has 0 bridgehead atoms. The molecule has 4 unspecified atom stereocenters. The highest BCUT2D eigenvalue weighted by molar-refractivity contribution is 5.99. The molecule has 1 aliphatic rings. The van der Waals surface area contributed by atoms with E-state index < -0.39 is 151 Å². The van der Waals surface area contributed by atoms with Gasteiger partial charge < -0.3 is 97.4 Å². The number of hydrogen-bond donors (Lipinski definition) is 18. The highest BCUT2D eigenvalue weighted by atomic mass is 16.3. The molecule has 464 valence electrons. The Hall–Kier alpha value is -6.11. The van der Waals surface area contributed by atoms with Crippen LogP contribution in [0, 0.1) is 17.8 Å². The molecule has 0 spiro atoms. The van der Waals surface area contributed by atoms with Crippen molar-refractivity contribution in [3.63, 3.8) is 0 Å². The average Bonchev–Trinajstić information content (AvgIpc) is 3.41. The molecule has 0 aromatic carbocycles. The van der Waals surface area contributed by atoms with E-state index in [0.29, 0.717) is 12.3 Å². The maximum absolute atomic E-state index is 14.4. The lowest BCUT2D eigenvalue weighted by Crippen LogP contribution is -2.62. The van der Waals surface area contributed by atoms with Crippen LogP contribution < -0.4 is 87.2 Å². The third-order valence-electron chi connectivity index (χ3n) is 13.4. The minimum atomic E-state index is -1.69. The van der Waals surface area contributed by atoms with Gasteiger partial charge in [0, 0.05) is 13.0 Å². The van der Waals surface area contributed by atoms with Gasteiger partial charge in [-0.2, -0.15) is 0 Å². The number of aliphatic hydroxyl groups is 2. The summed E-state index contributed by atoms with van der Waals surface area (Å²) < 4.78 is 0. The van der Waals surface area contributed by atoms with Crippen LogP contribution in [-0.4, -0.2) is 187 Å². The van der Waals surface area contributed by atoms with Gasteiger partial charge in [0.25, 0.3) is 0 Å². The van der Waals surface area contributed by atoms with E-state index >= 15 is 0 Å². The number of hydrogen-bond acceptors (Lipinski definition) is 18. The van der Waals surface area contributed by atoms with Gasteiger partial charge in [0.15, 0.2) is 0 Å². The van der Waals surface area contributed by atoms with E-state index in [1.807, 2.05) is 6.92 Å². The fourth-order valence-electron chi connectivity index (χ4n) is 8.60. The fourth-order valence-corrected chi connectivity index (χ4v) is 8.60. The van der Waals surface area contributed by atoms with E-state index in [1.165, 1.54) is 13.8 Å². The summed E-state index contributed by atoms with van der Waals surface area (Å²) in [5.41, 5.74) is 29.2. The van der Waals surface area contributed by atoms with Crippen molar-refractivity contribution in [3.8, 4) is 0 Å². The first-order chi connectivity index (χ1) is 38.2. The molecular formula is C52H98N16O13. The van der Waals surface area contributed by atoms with Gasteiger partial charge in [-0.15, -0.1) is 0 Å². The lowest BCUT2D eigenvalue weighted by atomic mass is 9.99. The molecule has 13 atom stereocenters. The molecule has 0 radical (unpaired) electrons. The third kappa shape index (κ3) is 27.0. The molecular weight excluding hydrogens is 1060 g/mol. The predicted octanol–water partition coefficient (Wildman–Crippen LogP) is -5.83. The normalized spacial score (nSPS) is 23.6. The topological polar surface area (TPSA) is 491 Å². The van der Waals surface area contributed by atoms with Crippen molar-refractivity contribution in [1.29, 1.82) is 0 Å². The van der Waals surface area contributed by atoms with Crippen molar-refractivity contribution < 1.29 is 63.0 Å². The Bertz CT molecular complexity index is 2050. The van der Waals surface area contributed by atoms with Crippen LogP contribution in [0.15, 0.2) is 0 Å². The standard InChI is InChI=1S/C52H98N16O13/c1-9-29(6)11-10-12-40(71)59-32(13-19-53)47(76)68-42(31(8)70)52(81)64-35(16-22-56)44(73)63-37-18-24-58-51(80)41(30(7)69)67-48(77)36(17-23-57)61-43(72)33(14-20-54)62-49(78)38(25-27(2)3)66-50(79)39(26-28(4)5)65-45(74)34(15-21-55)60-46(37)75/h27-39,41-42,69-70H,9-26,53-57H2,1-8H3,(H,58,80)(H,59,71)(H,60,75)(H,61,72)(H,62,78)(H,63,73)(H,64,81)(H,65,74)(H,66,79)(H,67,77)(H,68,76)/t29?,30-,31-,32+,33+,34?,35+,36-,37?,38-,39-,41?,42+/m1/s1. The van der Waals surface area contributed by atoms with Crippen LogP contribution in [0.5, 0.6) is 0 Å². The lowest BCUT2D eigenvalue weighted by molar-refractivity contribution is -0.137. The van der Waals surface area contributed by atoms with Gasteiger partial charge in [-0.1, -0.05) is 54.4 Å². The van der Waals surface area contributed by atoms with E-state index in [2.05, 4.69) is 65.4 Å². The molecule has 1 fully saturated rings. The van der Waals surface area contributed by atoms with Gasteiger partial charge in [-0.3, -0.25) is 52.7 Å². The van der Waals surface area contributed by atoms with Gasteiger partial charge in [-0.05, 0) is 122 Å². The van der Waals surface area contributed by atoms with Gasteiger partial charge in [0.1, 0.15) is 60.4 Å². The van der Waals surface area contributed by atoms with Gasteiger partial charge >= 0.3 is 0 Å². The fraction of sp³-hybridized carbons (Fsp3) is 0.788. The van der Waals surface area contributed by atoms with E-state index in [1.54, 1.807) is 27.7 Å². The van der Waals surface area contributed by atoms with Crippen molar-refractivity contribution >= 4 is 65.0 Å². The average molecular weight is 1160 g/mol. The summed E-state index contributed by atoms with van der Waals surface area (Å²) in [6, 6.07) is -14.5. The molecule has 1 heterocycles. The minimum Gasteiger partial charge on any atom is -0.391 e. The quantitative estimate of drug-likeness (QED) is 0.0347. The SMILES string of the molecule is CCC(C)CCCC(=O)N[C@@H](CCN)C(=O)N[C@H](C(=O)N[C@@H](CCN)C(=O)NC1CCNC(=O)C([C@@H](C)O)NC(=O)[C@@H](CCN)NC(=O)[C@H](CCN)NC(=O)[C@@H](CC(C)C)NC(=O)[C@@H](CC(C)C)NC(=O)C(CCN)NC1=O)[C@@H](C)O. The molecule has 11 amide bonds. The molecule has 0 saturated carbocycles. The smallest absolute Gasteiger partial charge is 0.245 e. The third-order valence-corrected chi connectivity index (χ3v) is 13.4. The van der Waals surface area contributed by atoms with Crippen LogP contribution in [0.3, 0.4) is 0 Å². The molecule has 0 aliphatic carbocycles. The largest absolute Gasteiger partial charge is 0.391 e. The van der Waals surface area contributed by atoms with E-state index in [0.717, 1.165) is 12.8 Å². The Balaban J connectivity index is 3.84. The van der Waals surface area contributed by atoms with Gasteiger partial charge in [0.05, 0.1) is 12.2 Å². The van der Waals surface area contributed by atoms with Gasteiger partial charge in [-0.25, -0.2) is 0 Å². The van der Waals surface area contributed by atoms with Crippen molar-refractivity contribution in [2.75, 3.05) is 39.3 Å². The molecule has 23 N–H and O–H groups in total. The van der Waals surface area contributed by atoms with E-state index in [4.69, 9.17) is 28.7 Å². The van der Waals surface area contributed by atoms with E-state index in [9.17, 15) is 63.0 Å². The highest BCUT2D eigenvalue weighted by Crippen LogP contribution is 2.13. The Kier molecular flexibility index (Phi) is 34.7.